The lowest BCUT2D eigenvalue weighted by molar-refractivity contribution is 0.100. The summed E-state index contributed by atoms with van der Waals surface area (Å²) in [6.45, 7) is 0. The van der Waals surface area contributed by atoms with E-state index in [1.807, 2.05) is 0 Å². The van der Waals surface area contributed by atoms with Crippen molar-refractivity contribution < 1.29 is 13.6 Å². The minimum Gasteiger partial charge on any atom is -0.383 e. The minimum atomic E-state index is -1.10. The van der Waals surface area contributed by atoms with Gasteiger partial charge in [0.15, 0.2) is 11.6 Å². The van der Waals surface area contributed by atoms with E-state index < -0.39 is 17.5 Å². The predicted octanol–water partition coefficient (Wildman–Crippen LogP) is 0.832. The molecule has 0 spiro atoms. The first-order valence-corrected chi connectivity index (χ1v) is 4.60. The van der Waals surface area contributed by atoms with Gasteiger partial charge in [0.25, 0.3) is 5.91 Å². The van der Waals surface area contributed by atoms with Crippen LogP contribution in [0.3, 0.4) is 0 Å². The second-order valence-electron chi connectivity index (χ2n) is 3.29. The van der Waals surface area contributed by atoms with Gasteiger partial charge < -0.3 is 11.5 Å². The fraction of sp³-hybridized carbons (Fsp3) is 0. The van der Waals surface area contributed by atoms with Gasteiger partial charge in [0.05, 0.1) is 6.20 Å². The molecular weight excluding hydrogens is 230 g/mol. The summed E-state index contributed by atoms with van der Waals surface area (Å²) >= 11 is 0. The number of nitrogen functional groups attached to an aromatic ring is 1. The summed E-state index contributed by atoms with van der Waals surface area (Å²) in [6.07, 6.45) is 1.10. The predicted molar refractivity (Wildman–Crippen MR) is 56.4 cm³/mol. The van der Waals surface area contributed by atoms with E-state index in [1.54, 1.807) is 0 Å². The van der Waals surface area contributed by atoms with Crippen molar-refractivity contribution in [3.8, 4) is 5.69 Å². The zero-order valence-corrected chi connectivity index (χ0v) is 8.52. The number of carbonyl (C=O) groups is 1. The highest BCUT2D eigenvalue weighted by atomic mass is 19.2. The molecule has 1 amide bonds. The topological polar surface area (TPSA) is 86.9 Å². The van der Waals surface area contributed by atoms with Crippen LogP contribution < -0.4 is 11.5 Å². The number of halogens is 2. The first-order chi connectivity index (χ1) is 8.02. The van der Waals surface area contributed by atoms with Crippen molar-refractivity contribution in [2.45, 2.75) is 0 Å². The van der Waals surface area contributed by atoms with E-state index in [0.29, 0.717) is 0 Å². The van der Waals surface area contributed by atoms with E-state index >= 15 is 0 Å². The summed E-state index contributed by atoms with van der Waals surface area (Å²) in [4.78, 5) is 10.9. The fourth-order valence-electron chi connectivity index (χ4n) is 1.40. The molecule has 2 rings (SSSR count). The molecule has 0 aliphatic rings. The van der Waals surface area contributed by atoms with Gasteiger partial charge in [0.1, 0.15) is 17.1 Å². The summed E-state index contributed by atoms with van der Waals surface area (Å²) in [7, 11) is 0. The summed E-state index contributed by atoms with van der Waals surface area (Å²) < 4.78 is 27.4. The Morgan fingerprint density at radius 3 is 2.65 bits per heavy atom. The molecule has 0 radical (unpaired) electrons. The number of primary amides is 1. The van der Waals surface area contributed by atoms with Crippen LogP contribution in [-0.2, 0) is 0 Å². The Balaban J connectivity index is 2.62. The number of nitrogens with two attached hydrogens (primary N) is 2. The van der Waals surface area contributed by atoms with Gasteiger partial charge >= 0.3 is 0 Å². The maximum atomic E-state index is 13.5. The van der Waals surface area contributed by atoms with Crippen LogP contribution in [0.1, 0.15) is 10.4 Å². The number of carbonyl (C=O) groups excluding carboxylic acids is 1. The molecule has 0 saturated heterocycles. The quantitative estimate of drug-likeness (QED) is 0.812. The summed E-state index contributed by atoms with van der Waals surface area (Å²) in [5, 5.41) is 3.69. The van der Waals surface area contributed by atoms with E-state index in [1.165, 1.54) is 12.1 Å². The van der Waals surface area contributed by atoms with E-state index in [9.17, 15) is 13.6 Å². The zero-order chi connectivity index (χ0) is 12.6. The van der Waals surface area contributed by atoms with Crippen molar-refractivity contribution in [3.63, 3.8) is 0 Å². The number of amides is 1. The van der Waals surface area contributed by atoms with Crippen LogP contribution in [0.15, 0.2) is 24.4 Å². The van der Waals surface area contributed by atoms with Crippen molar-refractivity contribution in [1.29, 1.82) is 0 Å². The number of aromatic nitrogens is 2. The Morgan fingerprint density at radius 1 is 1.35 bits per heavy atom. The standard InChI is InChI=1S/C10H8F2N4O/c11-6-2-1-3-7(8(6)12)16-9(13)5(4-15-16)10(14)17/h1-4H,13H2,(H2,14,17). The average molecular weight is 238 g/mol. The first kappa shape index (κ1) is 11.1. The number of hydrogen-bond donors (Lipinski definition) is 2. The Labute approximate surface area is 94.6 Å². The molecule has 1 aromatic heterocycles. The maximum Gasteiger partial charge on any atom is 0.254 e. The number of hydrogen-bond acceptors (Lipinski definition) is 3. The number of nitrogens with zero attached hydrogens (tertiary/aromatic N) is 2. The van der Waals surface area contributed by atoms with Gasteiger partial charge in [-0.25, -0.2) is 13.5 Å². The monoisotopic (exact) mass is 238 g/mol. The Hall–Kier alpha value is -2.44. The van der Waals surface area contributed by atoms with Crippen LogP contribution in [0.5, 0.6) is 0 Å². The van der Waals surface area contributed by atoms with Crippen molar-refractivity contribution in [1.82, 2.24) is 9.78 Å². The average Bonchev–Trinajstić information content (AvgIpc) is 2.64. The Kier molecular flexibility index (Phi) is 2.51. The molecule has 7 heteroatoms. The molecule has 2 aromatic rings. The van der Waals surface area contributed by atoms with Gasteiger partial charge in [0, 0.05) is 0 Å². The van der Waals surface area contributed by atoms with Crippen LogP contribution in [0.4, 0.5) is 14.6 Å². The summed E-state index contributed by atoms with van der Waals surface area (Å²) in [6, 6.07) is 3.55. The maximum absolute atomic E-state index is 13.5. The van der Waals surface area contributed by atoms with Gasteiger partial charge in [-0.15, -0.1) is 0 Å². The number of benzene rings is 1. The minimum absolute atomic E-state index is 0.0475. The third kappa shape index (κ3) is 1.71. The molecule has 0 atom stereocenters. The second kappa shape index (κ2) is 3.85. The molecule has 0 aliphatic carbocycles. The van der Waals surface area contributed by atoms with Gasteiger partial charge in [-0.3, -0.25) is 4.79 Å². The molecule has 1 aromatic carbocycles. The lowest BCUT2D eigenvalue weighted by atomic mass is 10.3. The first-order valence-electron chi connectivity index (χ1n) is 4.60. The highest BCUT2D eigenvalue weighted by Gasteiger charge is 2.17. The zero-order valence-electron chi connectivity index (χ0n) is 8.52. The van der Waals surface area contributed by atoms with Crippen LogP contribution in [-0.4, -0.2) is 15.7 Å². The highest BCUT2D eigenvalue weighted by Crippen LogP contribution is 2.20. The molecule has 0 aliphatic heterocycles. The molecule has 0 bridgehead atoms. The fourth-order valence-corrected chi connectivity index (χ4v) is 1.40. The van der Waals surface area contributed by atoms with Crippen molar-refractivity contribution in [3.05, 3.63) is 41.6 Å². The molecular formula is C10H8F2N4O. The molecule has 1 heterocycles. The van der Waals surface area contributed by atoms with Gasteiger partial charge in [0.2, 0.25) is 0 Å². The highest BCUT2D eigenvalue weighted by molar-refractivity contribution is 5.97. The molecule has 0 saturated carbocycles. The van der Waals surface area contributed by atoms with Gasteiger partial charge in [-0.1, -0.05) is 6.07 Å². The van der Waals surface area contributed by atoms with E-state index in [2.05, 4.69) is 5.10 Å². The van der Waals surface area contributed by atoms with Gasteiger partial charge in [-0.05, 0) is 12.1 Å². The smallest absolute Gasteiger partial charge is 0.254 e. The largest absolute Gasteiger partial charge is 0.383 e. The van der Waals surface area contributed by atoms with E-state index in [4.69, 9.17) is 11.5 Å². The molecule has 17 heavy (non-hydrogen) atoms. The normalized spacial score (nSPS) is 10.5. The van der Waals surface area contributed by atoms with Crippen molar-refractivity contribution >= 4 is 11.7 Å². The molecule has 0 fully saturated rings. The van der Waals surface area contributed by atoms with E-state index in [0.717, 1.165) is 16.9 Å². The summed E-state index contributed by atoms with van der Waals surface area (Å²) in [5.41, 5.74) is 10.4. The van der Waals surface area contributed by atoms with Crippen molar-refractivity contribution in [2.75, 3.05) is 5.73 Å². The van der Waals surface area contributed by atoms with Crippen LogP contribution in [0, 0.1) is 11.6 Å². The van der Waals surface area contributed by atoms with Crippen molar-refractivity contribution in [2.24, 2.45) is 5.73 Å². The van der Waals surface area contributed by atoms with Crippen LogP contribution in [0.2, 0.25) is 0 Å². The SMILES string of the molecule is NC(=O)c1cnn(-c2cccc(F)c2F)c1N. The van der Waals surface area contributed by atoms with Crippen LogP contribution >= 0.6 is 0 Å². The third-order valence-electron chi connectivity index (χ3n) is 2.23. The number of anilines is 1. The second-order valence-corrected chi connectivity index (χ2v) is 3.29. The molecule has 0 unspecified atom stereocenters. The van der Waals surface area contributed by atoms with E-state index in [-0.39, 0.29) is 17.1 Å². The van der Waals surface area contributed by atoms with Crippen LogP contribution in [0.25, 0.3) is 5.69 Å². The van der Waals surface area contributed by atoms with Gasteiger partial charge in [-0.2, -0.15) is 5.10 Å². The molecule has 4 N–H and O–H groups in total. The summed E-state index contributed by atoms with van der Waals surface area (Å²) in [5.74, 6) is -3.05. The lowest BCUT2D eigenvalue weighted by Gasteiger charge is -2.06. The molecule has 88 valence electrons. The lowest BCUT2D eigenvalue weighted by Crippen LogP contribution is -2.13. The number of rotatable bonds is 2. The Morgan fingerprint density at radius 2 is 2.06 bits per heavy atom. The molecule has 5 nitrogen and oxygen atoms in total. The Bertz CT molecular complexity index is 594. The third-order valence-corrected chi connectivity index (χ3v) is 2.23.